The van der Waals surface area contributed by atoms with Crippen LogP contribution >= 0.6 is 0 Å². The lowest BCUT2D eigenvalue weighted by Crippen LogP contribution is -2.12. The molecule has 0 unspecified atom stereocenters. The van der Waals surface area contributed by atoms with E-state index in [-0.39, 0.29) is 11.1 Å². The maximum absolute atomic E-state index is 12.3. The van der Waals surface area contributed by atoms with E-state index in [0.29, 0.717) is 17.0 Å². The molecule has 4 rings (SSSR count). The predicted molar refractivity (Wildman–Crippen MR) is 140 cm³/mol. The van der Waals surface area contributed by atoms with Gasteiger partial charge in [0.25, 0.3) is 0 Å². The number of benzene rings is 3. The number of carboxylic acids is 2. The highest BCUT2D eigenvalue weighted by Crippen LogP contribution is 2.46. The van der Waals surface area contributed by atoms with Gasteiger partial charge in [-0.25, -0.2) is 9.59 Å². The molecule has 1 aliphatic carbocycles. The topological polar surface area (TPSA) is 74.6 Å². The molecular weight excluding hydrogens is 436 g/mol. The fourth-order valence-electron chi connectivity index (χ4n) is 5.81. The van der Waals surface area contributed by atoms with Crippen molar-refractivity contribution in [3.8, 4) is 22.3 Å². The van der Waals surface area contributed by atoms with E-state index >= 15 is 0 Å². The minimum absolute atomic E-state index is 0.242. The molecule has 1 saturated carbocycles. The molecule has 182 valence electrons. The number of carbonyl (C=O) groups is 2. The lowest BCUT2D eigenvalue weighted by molar-refractivity contribution is 0.0686. The van der Waals surface area contributed by atoms with Crippen molar-refractivity contribution in [2.24, 2.45) is 0 Å². The molecule has 0 radical (unpaired) electrons. The summed E-state index contributed by atoms with van der Waals surface area (Å²) in [6.07, 6.45) is 8.44. The zero-order chi connectivity index (χ0) is 24.9. The van der Waals surface area contributed by atoms with Crippen LogP contribution in [-0.4, -0.2) is 22.2 Å². The first kappa shape index (κ1) is 24.7. The number of hydrogen-bond acceptors (Lipinski definition) is 2. The first-order valence-corrected chi connectivity index (χ1v) is 12.8. The summed E-state index contributed by atoms with van der Waals surface area (Å²) in [5.74, 6) is -1.50. The third-order valence-electron chi connectivity index (χ3n) is 7.32. The number of hydrogen-bond donors (Lipinski definition) is 2. The molecule has 1 fully saturated rings. The van der Waals surface area contributed by atoms with Crippen LogP contribution in [0, 0.1) is 0 Å². The molecule has 4 nitrogen and oxygen atoms in total. The zero-order valence-electron chi connectivity index (χ0n) is 20.6. The van der Waals surface area contributed by atoms with Crippen LogP contribution in [0.3, 0.4) is 0 Å². The van der Waals surface area contributed by atoms with Gasteiger partial charge in [0, 0.05) is 0 Å². The van der Waals surface area contributed by atoms with Crippen molar-refractivity contribution in [1.29, 1.82) is 0 Å². The third kappa shape index (κ3) is 4.88. The van der Waals surface area contributed by atoms with Crippen LogP contribution in [0.4, 0.5) is 0 Å². The number of aromatic carboxylic acids is 2. The Bertz CT molecular complexity index is 1230. The van der Waals surface area contributed by atoms with E-state index in [1.165, 1.54) is 24.8 Å². The first-order valence-electron chi connectivity index (χ1n) is 12.8. The standard InChI is InChI=1S/C31H34O4/c1-3-12-21-19-27(20-13-6-5-7-14-20)22(4-2)29(24-16-9-11-18-26(24)31(34)35)28(21)23-15-8-10-17-25(23)30(32)33/h8-11,15-20H,3-7,12-14H2,1-2H3,(H,32,33)(H,34,35). The molecule has 0 amide bonds. The molecule has 0 atom stereocenters. The van der Waals surface area contributed by atoms with E-state index in [0.717, 1.165) is 54.4 Å². The van der Waals surface area contributed by atoms with E-state index in [9.17, 15) is 19.8 Å². The summed E-state index contributed by atoms with van der Waals surface area (Å²) < 4.78 is 0. The van der Waals surface area contributed by atoms with Gasteiger partial charge in [-0.05, 0) is 82.7 Å². The van der Waals surface area contributed by atoms with Crippen LogP contribution in [0.25, 0.3) is 22.3 Å². The first-order chi connectivity index (χ1) is 17.0. The van der Waals surface area contributed by atoms with Gasteiger partial charge < -0.3 is 10.2 Å². The van der Waals surface area contributed by atoms with Crippen LogP contribution < -0.4 is 0 Å². The molecular formula is C31H34O4. The van der Waals surface area contributed by atoms with Crippen molar-refractivity contribution in [2.45, 2.75) is 71.1 Å². The molecule has 35 heavy (non-hydrogen) atoms. The van der Waals surface area contributed by atoms with Crippen molar-refractivity contribution >= 4 is 11.9 Å². The molecule has 0 saturated heterocycles. The molecule has 0 heterocycles. The van der Waals surface area contributed by atoms with Crippen LogP contribution in [0.5, 0.6) is 0 Å². The van der Waals surface area contributed by atoms with Crippen molar-refractivity contribution in [1.82, 2.24) is 0 Å². The second-order valence-corrected chi connectivity index (χ2v) is 9.49. The summed E-state index contributed by atoms with van der Waals surface area (Å²) in [4.78, 5) is 24.6. The summed E-state index contributed by atoms with van der Waals surface area (Å²) in [5, 5.41) is 20.1. The maximum Gasteiger partial charge on any atom is 0.336 e. The molecule has 2 N–H and O–H groups in total. The SMILES string of the molecule is CCCc1cc(C2CCCCC2)c(CC)c(-c2ccccc2C(=O)O)c1-c1ccccc1C(=O)O. The monoisotopic (exact) mass is 470 g/mol. The third-order valence-corrected chi connectivity index (χ3v) is 7.32. The summed E-state index contributed by atoms with van der Waals surface area (Å²) in [5.41, 5.74) is 7.16. The Morgan fingerprint density at radius 2 is 1.34 bits per heavy atom. The van der Waals surface area contributed by atoms with Gasteiger partial charge in [-0.3, -0.25) is 0 Å². The maximum atomic E-state index is 12.3. The van der Waals surface area contributed by atoms with E-state index in [4.69, 9.17) is 0 Å². The van der Waals surface area contributed by atoms with Gasteiger partial charge in [0.15, 0.2) is 0 Å². The van der Waals surface area contributed by atoms with E-state index in [2.05, 4.69) is 19.9 Å². The summed E-state index contributed by atoms with van der Waals surface area (Å²) >= 11 is 0. The lowest BCUT2D eigenvalue weighted by Gasteiger charge is -2.30. The van der Waals surface area contributed by atoms with Gasteiger partial charge in [0.1, 0.15) is 0 Å². The molecule has 0 spiro atoms. The van der Waals surface area contributed by atoms with Crippen molar-refractivity contribution in [3.63, 3.8) is 0 Å². The van der Waals surface area contributed by atoms with Gasteiger partial charge in [-0.2, -0.15) is 0 Å². The van der Waals surface area contributed by atoms with Crippen molar-refractivity contribution in [3.05, 3.63) is 82.4 Å². The average Bonchev–Trinajstić information content (AvgIpc) is 2.88. The zero-order valence-corrected chi connectivity index (χ0v) is 20.6. The number of aryl methyl sites for hydroxylation is 1. The Hall–Kier alpha value is -3.40. The average molecular weight is 471 g/mol. The molecule has 4 heteroatoms. The highest BCUT2D eigenvalue weighted by atomic mass is 16.4. The summed E-state index contributed by atoms with van der Waals surface area (Å²) in [7, 11) is 0. The second-order valence-electron chi connectivity index (χ2n) is 9.49. The Balaban J connectivity index is 2.17. The summed E-state index contributed by atoms with van der Waals surface area (Å²) in [6.45, 7) is 4.26. The molecule has 1 aliphatic rings. The number of rotatable bonds is 8. The van der Waals surface area contributed by atoms with Crippen LogP contribution in [0.2, 0.25) is 0 Å². The highest BCUT2D eigenvalue weighted by molar-refractivity contribution is 6.04. The van der Waals surface area contributed by atoms with Gasteiger partial charge in [-0.15, -0.1) is 0 Å². The Morgan fingerprint density at radius 1 is 0.800 bits per heavy atom. The quantitative estimate of drug-likeness (QED) is 0.350. The minimum atomic E-state index is -0.977. The minimum Gasteiger partial charge on any atom is -0.478 e. The van der Waals surface area contributed by atoms with Gasteiger partial charge in [0.2, 0.25) is 0 Å². The fraction of sp³-hybridized carbons (Fsp3) is 0.355. The highest BCUT2D eigenvalue weighted by Gasteiger charge is 2.28. The van der Waals surface area contributed by atoms with E-state index in [1.807, 2.05) is 24.3 Å². The van der Waals surface area contributed by atoms with Gasteiger partial charge in [-0.1, -0.05) is 82.0 Å². The van der Waals surface area contributed by atoms with Crippen LogP contribution in [-0.2, 0) is 12.8 Å². The molecule has 3 aromatic carbocycles. The van der Waals surface area contributed by atoms with E-state index in [1.54, 1.807) is 24.3 Å². The van der Waals surface area contributed by atoms with E-state index < -0.39 is 11.9 Å². The smallest absolute Gasteiger partial charge is 0.336 e. The largest absolute Gasteiger partial charge is 0.478 e. The van der Waals surface area contributed by atoms with Gasteiger partial charge in [0.05, 0.1) is 11.1 Å². The van der Waals surface area contributed by atoms with Crippen LogP contribution in [0.1, 0.15) is 95.7 Å². The summed E-state index contributed by atoms with van der Waals surface area (Å²) in [6, 6.07) is 16.6. The molecule has 0 bridgehead atoms. The fourth-order valence-corrected chi connectivity index (χ4v) is 5.81. The van der Waals surface area contributed by atoms with Crippen LogP contribution in [0.15, 0.2) is 54.6 Å². The Labute approximate surface area is 207 Å². The van der Waals surface area contributed by atoms with Gasteiger partial charge >= 0.3 is 11.9 Å². The lowest BCUT2D eigenvalue weighted by atomic mass is 9.74. The molecule has 3 aromatic rings. The normalized spacial score (nSPS) is 14.1. The predicted octanol–water partition coefficient (Wildman–Crippen LogP) is 7.98. The Kier molecular flexibility index (Phi) is 7.70. The number of carboxylic acid groups (broad SMARTS) is 2. The van der Waals surface area contributed by atoms with Crippen molar-refractivity contribution < 1.29 is 19.8 Å². The molecule has 0 aliphatic heterocycles. The Morgan fingerprint density at radius 3 is 1.86 bits per heavy atom. The second kappa shape index (κ2) is 10.9. The molecule has 0 aromatic heterocycles. The van der Waals surface area contributed by atoms with Crippen molar-refractivity contribution in [2.75, 3.05) is 0 Å².